The third kappa shape index (κ3) is 14.0. The molecule has 0 spiro atoms. The summed E-state index contributed by atoms with van der Waals surface area (Å²) >= 11 is 0.704. The topological polar surface area (TPSA) is 292 Å². The van der Waals surface area contributed by atoms with Gasteiger partial charge in [0.25, 0.3) is 0 Å². The smallest absolute Gasteiger partial charge is 0.321 e. The Kier molecular flexibility index (Phi) is 17.5. The standard InChI is InChI=1S/C41H53F2N7O11S/c1-41(2,3)36(30-13-23(25-14-24(42)9-10-26(25)43)19-49(30)18-22-7-5-4-6-8-22)50(33(53)20-51)12-11-27(44)37(56)48-29(35-40(60)61-35)16-46-32(52)17-47-38(57)31(15-34(54)55)62-21-28(45)39(58)59/h4-10,13-14,19,27-29,31,35-36,40,51,60H,11-12,15-18,20-21,44-45H2,1-3H3,(H,46,52)(H,47,57)(H,48,56)(H,54,55)(H,58,59)/t27-,28-,29+,31?,35?,36-,40?/m0/s1. The summed E-state index contributed by atoms with van der Waals surface area (Å²) in [5.41, 5.74) is 12.8. The second-order valence-electron chi connectivity index (χ2n) is 15.8. The van der Waals surface area contributed by atoms with Gasteiger partial charge >= 0.3 is 11.9 Å². The minimum absolute atomic E-state index is 0.00348. The first-order valence-corrected chi connectivity index (χ1v) is 20.6. The average Bonchev–Trinajstić information content (AvgIpc) is 3.82. The zero-order chi connectivity index (χ0) is 45.9. The van der Waals surface area contributed by atoms with Crippen LogP contribution in [0.1, 0.15) is 50.9 Å². The van der Waals surface area contributed by atoms with Crippen LogP contribution in [0.3, 0.4) is 0 Å². The fourth-order valence-corrected chi connectivity index (χ4v) is 7.78. The molecular formula is C41H53F2N7O11S. The fraction of sp³-hybridized carbons (Fsp3) is 0.463. The Hall–Kier alpha value is -5.45. The van der Waals surface area contributed by atoms with Crippen LogP contribution in [-0.2, 0) is 40.0 Å². The molecule has 2 heterocycles. The van der Waals surface area contributed by atoms with Crippen molar-refractivity contribution < 1.29 is 62.7 Å². The third-order valence-electron chi connectivity index (χ3n) is 9.86. The molecule has 11 N–H and O–H groups in total. The van der Waals surface area contributed by atoms with Crippen molar-refractivity contribution in [3.63, 3.8) is 0 Å². The van der Waals surface area contributed by atoms with Crippen molar-refractivity contribution >= 4 is 47.3 Å². The lowest BCUT2D eigenvalue weighted by Gasteiger charge is -2.41. The maximum atomic E-state index is 15.1. The van der Waals surface area contributed by atoms with Gasteiger partial charge in [0.15, 0.2) is 6.29 Å². The lowest BCUT2D eigenvalue weighted by atomic mass is 9.82. The molecule has 62 heavy (non-hydrogen) atoms. The maximum absolute atomic E-state index is 15.1. The Bertz CT molecular complexity index is 2070. The largest absolute Gasteiger partial charge is 0.481 e. The van der Waals surface area contributed by atoms with Gasteiger partial charge in [-0.15, -0.1) is 11.8 Å². The second kappa shape index (κ2) is 22.1. The monoisotopic (exact) mass is 889 g/mol. The van der Waals surface area contributed by atoms with E-state index in [1.807, 2.05) is 55.7 Å². The second-order valence-corrected chi connectivity index (χ2v) is 17.0. The summed E-state index contributed by atoms with van der Waals surface area (Å²) in [4.78, 5) is 76.1. The highest BCUT2D eigenvalue weighted by molar-refractivity contribution is 8.00. The van der Waals surface area contributed by atoms with Crippen LogP contribution >= 0.6 is 11.8 Å². The van der Waals surface area contributed by atoms with Gasteiger partial charge in [0.05, 0.1) is 36.3 Å². The summed E-state index contributed by atoms with van der Waals surface area (Å²) in [5, 5.41) is 44.5. The molecule has 0 aliphatic carbocycles. The Morgan fingerprint density at radius 2 is 1.65 bits per heavy atom. The van der Waals surface area contributed by atoms with Gasteiger partial charge < -0.3 is 62.0 Å². The average molecular weight is 890 g/mol. The minimum Gasteiger partial charge on any atom is -0.481 e. The number of hydrogen-bond donors (Lipinski definition) is 9. The molecule has 1 fully saturated rings. The number of nitrogens with one attached hydrogen (secondary N) is 3. The molecule has 18 nitrogen and oxygen atoms in total. The van der Waals surface area contributed by atoms with E-state index < -0.39 is 114 Å². The predicted molar refractivity (Wildman–Crippen MR) is 222 cm³/mol. The lowest BCUT2D eigenvalue weighted by Crippen LogP contribution is -2.54. The molecule has 1 aliphatic rings. The third-order valence-corrected chi connectivity index (χ3v) is 11.2. The van der Waals surface area contributed by atoms with Gasteiger partial charge in [0.1, 0.15) is 30.4 Å². The number of thioether (sulfide) groups is 1. The van der Waals surface area contributed by atoms with Crippen LogP contribution in [0.25, 0.3) is 11.1 Å². The zero-order valence-corrected chi connectivity index (χ0v) is 35.1. The number of carbonyl (C=O) groups is 6. The number of aliphatic hydroxyl groups excluding tert-OH is 2. The molecule has 21 heteroatoms. The van der Waals surface area contributed by atoms with Gasteiger partial charge in [0, 0.05) is 48.4 Å². The van der Waals surface area contributed by atoms with Gasteiger partial charge in [-0.3, -0.25) is 28.8 Å². The normalized spacial score (nSPS) is 17.2. The summed E-state index contributed by atoms with van der Waals surface area (Å²) in [5.74, 6) is -7.30. The van der Waals surface area contributed by atoms with Gasteiger partial charge in [-0.1, -0.05) is 51.1 Å². The molecule has 2 aromatic carbocycles. The number of hydrogen-bond acceptors (Lipinski definition) is 12. The number of carboxylic acids is 2. The summed E-state index contributed by atoms with van der Waals surface area (Å²) in [6.45, 7) is 3.91. The number of amides is 4. The molecule has 0 bridgehead atoms. The number of nitrogens with two attached hydrogens (primary N) is 2. The van der Waals surface area contributed by atoms with E-state index in [0.717, 1.165) is 23.8 Å². The van der Waals surface area contributed by atoms with Gasteiger partial charge in [-0.25, -0.2) is 8.78 Å². The highest BCUT2D eigenvalue weighted by Gasteiger charge is 2.45. The Balaban J connectivity index is 1.47. The number of aliphatic carboxylic acids is 2. The first-order valence-electron chi connectivity index (χ1n) is 19.6. The minimum atomic E-state index is -1.35. The first kappa shape index (κ1) is 49.2. The Labute approximate surface area is 360 Å². The van der Waals surface area contributed by atoms with E-state index in [1.54, 1.807) is 12.3 Å². The van der Waals surface area contributed by atoms with E-state index >= 15 is 4.39 Å². The maximum Gasteiger partial charge on any atom is 0.321 e. The fourth-order valence-electron chi connectivity index (χ4n) is 6.70. The highest BCUT2D eigenvalue weighted by atomic mass is 32.2. The number of carboxylic acid groups (broad SMARTS) is 2. The predicted octanol–water partition coefficient (Wildman–Crippen LogP) is 0.530. The van der Waals surface area contributed by atoms with Crippen molar-refractivity contribution in [1.82, 2.24) is 25.4 Å². The van der Waals surface area contributed by atoms with Crippen LogP contribution in [0.2, 0.25) is 0 Å². The van der Waals surface area contributed by atoms with Crippen molar-refractivity contribution in [2.45, 2.75) is 82.0 Å². The molecule has 7 atom stereocenters. The molecule has 3 unspecified atom stereocenters. The van der Waals surface area contributed by atoms with E-state index in [2.05, 4.69) is 16.0 Å². The number of carbonyl (C=O) groups excluding carboxylic acids is 4. The lowest BCUT2D eigenvalue weighted by molar-refractivity contribution is -0.140. The van der Waals surface area contributed by atoms with Crippen molar-refractivity contribution in [3.05, 3.63) is 83.7 Å². The number of halogens is 2. The van der Waals surface area contributed by atoms with Gasteiger partial charge in [-0.05, 0) is 41.7 Å². The van der Waals surface area contributed by atoms with Crippen LogP contribution in [0, 0.1) is 17.0 Å². The number of aliphatic hydroxyl groups is 2. The molecule has 1 aromatic heterocycles. The first-order chi connectivity index (χ1) is 29.2. The van der Waals surface area contributed by atoms with E-state index in [4.69, 9.17) is 21.3 Å². The van der Waals surface area contributed by atoms with Crippen LogP contribution in [0.4, 0.5) is 8.78 Å². The number of epoxide rings is 1. The number of nitrogens with zero attached hydrogens (tertiary/aromatic N) is 2. The molecule has 4 rings (SSSR count). The van der Waals surface area contributed by atoms with Crippen molar-refractivity contribution in [2.24, 2.45) is 16.9 Å². The van der Waals surface area contributed by atoms with Crippen LogP contribution in [0.5, 0.6) is 0 Å². The van der Waals surface area contributed by atoms with Gasteiger partial charge in [0.2, 0.25) is 23.6 Å². The van der Waals surface area contributed by atoms with Crippen molar-refractivity contribution in [2.75, 3.05) is 32.0 Å². The number of rotatable bonds is 23. The van der Waals surface area contributed by atoms with E-state index in [0.29, 0.717) is 23.0 Å². The number of aromatic nitrogens is 1. The molecule has 0 saturated carbocycles. The summed E-state index contributed by atoms with van der Waals surface area (Å²) < 4.78 is 36.4. The Morgan fingerprint density at radius 3 is 2.24 bits per heavy atom. The molecule has 3 aromatic rings. The van der Waals surface area contributed by atoms with E-state index in [-0.39, 0.29) is 37.4 Å². The summed E-state index contributed by atoms with van der Waals surface area (Å²) in [6, 6.07) is 9.66. The van der Waals surface area contributed by atoms with E-state index in [9.17, 15) is 48.5 Å². The molecule has 338 valence electrons. The van der Waals surface area contributed by atoms with Crippen LogP contribution in [-0.4, -0.2) is 133 Å². The number of ether oxygens (including phenoxy) is 1. The molecule has 1 saturated heterocycles. The van der Waals surface area contributed by atoms with Crippen molar-refractivity contribution in [1.29, 1.82) is 0 Å². The van der Waals surface area contributed by atoms with Gasteiger partial charge in [-0.2, -0.15) is 0 Å². The highest BCUT2D eigenvalue weighted by Crippen LogP contribution is 2.41. The summed E-state index contributed by atoms with van der Waals surface area (Å²) in [7, 11) is 0. The van der Waals surface area contributed by atoms with Crippen molar-refractivity contribution in [3.8, 4) is 11.1 Å². The molecular weight excluding hydrogens is 837 g/mol. The number of benzene rings is 2. The van der Waals surface area contributed by atoms with Crippen LogP contribution in [0.15, 0.2) is 60.8 Å². The zero-order valence-electron chi connectivity index (χ0n) is 34.3. The molecule has 4 amide bonds. The summed E-state index contributed by atoms with van der Waals surface area (Å²) in [6.07, 6.45) is -1.36. The van der Waals surface area contributed by atoms with E-state index in [1.165, 1.54) is 4.90 Å². The SMILES string of the molecule is CC(C)(C)[C@H](c1cc(-c2cc(F)ccc2F)cn1Cc1ccccc1)N(CC[C@H](N)C(=O)N[C@H](CNC(=O)CNC(=O)C(CC(=O)O)SC[C@H](N)C(=O)O)C1OC1O)C(=O)CO. The Morgan fingerprint density at radius 1 is 0.968 bits per heavy atom. The molecule has 0 radical (unpaired) electrons. The van der Waals surface area contributed by atoms with Crippen LogP contribution < -0.4 is 27.4 Å². The quantitative estimate of drug-likeness (QED) is 0.0588. The molecule has 1 aliphatic heterocycles.